The van der Waals surface area contributed by atoms with E-state index in [-0.39, 0.29) is 6.04 Å². The van der Waals surface area contributed by atoms with Crippen molar-refractivity contribution < 1.29 is 0 Å². The third-order valence-electron chi connectivity index (χ3n) is 2.69. The van der Waals surface area contributed by atoms with Crippen molar-refractivity contribution in [3.63, 3.8) is 0 Å². The molecule has 2 aromatic rings. The second kappa shape index (κ2) is 4.28. The zero-order valence-electron chi connectivity index (χ0n) is 9.31. The maximum atomic E-state index is 6.14. The predicted octanol–water partition coefficient (Wildman–Crippen LogP) is 2.43. The van der Waals surface area contributed by atoms with E-state index in [1.54, 1.807) is 6.20 Å². The summed E-state index contributed by atoms with van der Waals surface area (Å²) < 4.78 is 1.92. The summed E-state index contributed by atoms with van der Waals surface area (Å²) in [6.07, 6.45) is 3.62. The highest BCUT2D eigenvalue weighted by molar-refractivity contribution is 6.31. The number of halogens is 1. The van der Waals surface area contributed by atoms with Crippen molar-refractivity contribution in [2.24, 2.45) is 12.8 Å². The maximum absolute atomic E-state index is 6.14. The Labute approximate surface area is 99.9 Å². The van der Waals surface area contributed by atoms with Gasteiger partial charge in [-0.25, -0.2) is 4.98 Å². The average Bonchev–Trinajstić information content (AvgIpc) is 2.67. The molecule has 0 radical (unpaired) electrons. The summed E-state index contributed by atoms with van der Waals surface area (Å²) in [6, 6.07) is 5.62. The van der Waals surface area contributed by atoms with E-state index in [1.807, 2.05) is 42.9 Å². The van der Waals surface area contributed by atoms with E-state index in [4.69, 9.17) is 17.3 Å². The van der Waals surface area contributed by atoms with Crippen LogP contribution in [0.15, 0.2) is 30.6 Å². The van der Waals surface area contributed by atoms with Crippen molar-refractivity contribution in [1.29, 1.82) is 0 Å². The van der Waals surface area contributed by atoms with Gasteiger partial charge in [0.05, 0.1) is 6.04 Å². The van der Waals surface area contributed by atoms with Crippen LogP contribution in [0.3, 0.4) is 0 Å². The molecule has 2 N–H and O–H groups in total. The molecule has 0 aliphatic carbocycles. The van der Waals surface area contributed by atoms with Gasteiger partial charge in [-0.2, -0.15) is 0 Å². The zero-order valence-corrected chi connectivity index (χ0v) is 10.1. The topological polar surface area (TPSA) is 43.8 Å². The SMILES string of the molecule is Cc1ccc(C(N)c2nccn2C)cc1Cl. The molecule has 84 valence electrons. The summed E-state index contributed by atoms with van der Waals surface area (Å²) >= 11 is 6.08. The molecule has 1 unspecified atom stereocenters. The Kier molecular flexibility index (Phi) is 2.99. The van der Waals surface area contributed by atoms with Crippen LogP contribution in [0.25, 0.3) is 0 Å². The molecule has 0 aliphatic rings. The molecule has 3 nitrogen and oxygen atoms in total. The van der Waals surface area contributed by atoms with Crippen molar-refractivity contribution in [1.82, 2.24) is 9.55 Å². The molecule has 4 heteroatoms. The molecule has 0 bridgehead atoms. The number of aryl methyl sites for hydroxylation is 2. The van der Waals surface area contributed by atoms with Crippen molar-refractivity contribution in [3.05, 3.63) is 52.6 Å². The molecule has 16 heavy (non-hydrogen) atoms. The summed E-state index contributed by atoms with van der Waals surface area (Å²) in [7, 11) is 1.93. The molecule has 1 heterocycles. The molecule has 0 amide bonds. The Morgan fingerprint density at radius 1 is 1.44 bits per heavy atom. The molecule has 0 saturated heterocycles. The van der Waals surface area contributed by atoms with Crippen LogP contribution in [-0.4, -0.2) is 9.55 Å². The summed E-state index contributed by atoms with van der Waals surface area (Å²) in [4.78, 5) is 4.24. The fourth-order valence-electron chi connectivity index (χ4n) is 1.63. The Morgan fingerprint density at radius 3 is 2.75 bits per heavy atom. The molecule has 0 aliphatic heterocycles. The van der Waals surface area contributed by atoms with Gasteiger partial charge in [-0.3, -0.25) is 0 Å². The van der Waals surface area contributed by atoms with Gasteiger partial charge in [0.1, 0.15) is 5.82 Å². The third-order valence-corrected chi connectivity index (χ3v) is 3.10. The lowest BCUT2D eigenvalue weighted by molar-refractivity contribution is 0.717. The van der Waals surface area contributed by atoms with Gasteiger partial charge in [0.2, 0.25) is 0 Å². The van der Waals surface area contributed by atoms with E-state index in [2.05, 4.69) is 4.98 Å². The number of nitrogens with two attached hydrogens (primary N) is 1. The fourth-order valence-corrected chi connectivity index (χ4v) is 1.82. The van der Waals surface area contributed by atoms with Crippen LogP contribution in [0.4, 0.5) is 0 Å². The summed E-state index contributed by atoms with van der Waals surface area (Å²) in [6.45, 7) is 1.97. The van der Waals surface area contributed by atoms with E-state index >= 15 is 0 Å². The van der Waals surface area contributed by atoms with E-state index in [0.29, 0.717) is 0 Å². The number of rotatable bonds is 2. The van der Waals surface area contributed by atoms with E-state index < -0.39 is 0 Å². The third kappa shape index (κ3) is 1.96. The van der Waals surface area contributed by atoms with E-state index in [9.17, 15) is 0 Å². The van der Waals surface area contributed by atoms with Crippen molar-refractivity contribution in [3.8, 4) is 0 Å². The van der Waals surface area contributed by atoms with Crippen LogP contribution < -0.4 is 5.73 Å². The van der Waals surface area contributed by atoms with Gasteiger partial charge in [0, 0.05) is 24.5 Å². The lowest BCUT2D eigenvalue weighted by Crippen LogP contribution is -2.16. The number of benzene rings is 1. The van der Waals surface area contributed by atoms with Crippen molar-refractivity contribution in [2.45, 2.75) is 13.0 Å². The van der Waals surface area contributed by atoms with Gasteiger partial charge in [-0.1, -0.05) is 23.7 Å². The first-order valence-corrected chi connectivity index (χ1v) is 5.46. The Bertz CT molecular complexity index is 505. The lowest BCUT2D eigenvalue weighted by atomic mass is 10.1. The first kappa shape index (κ1) is 11.2. The van der Waals surface area contributed by atoms with E-state index in [0.717, 1.165) is 22.0 Å². The quantitative estimate of drug-likeness (QED) is 0.869. The number of nitrogens with zero attached hydrogens (tertiary/aromatic N) is 2. The molecular weight excluding hydrogens is 222 g/mol. The minimum atomic E-state index is -0.238. The van der Waals surface area contributed by atoms with Gasteiger partial charge in [-0.05, 0) is 24.1 Å². The molecule has 1 aromatic carbocycles. The van der Waals surface area contributed by atoms with Crippen LogP contribution in [0.1, 0.15) is 23.0 Å². The zero-order chi connectivity index (χ0) is 11.7. The molecular formula is C12H14ClN3. The Balaban J connectivity index is 2.38. The van der Waals surface area contributed by atoms with Crippen LogP contribution >= 0.6 is 11.6 Å². The first-order valence-electron chi connectivity index (χ1n) is 5.08. The van der Waals surface area contributed by atoms with Gasteiger partial charge in [0.25, 0.3) is 0 Å². The molecule has 1 aromatic heterocycles. The van der Waals surface area contributed by atoms with Gasteiger partial charge < -0.3 is 10.3 Å². The molecule has 1 atom stereocenters. The van der Waals surface area contributed by atoms with Crippen LogP contribution in [0.2, 0.25) is 5.02 Å². The largest absolute Gasteiger partial charge is 0.336 e. The fraction of sp³-hybridized carbons (Fsp3) is 0.250. The summed E-state index contributed by atoms with van der Waals surface area (Å²) in [5, 5.41) is 0.738. The highest BCUT2D eigenvalue weighted by Crippen LogP contribution is 2.23. The summed E-state index contributed by atoms with van der Waals surface area (Å²) in [5.74, 6) is 0.833. The molecule has 2 rings (SSSR count). The molecule has 0 fully saturated rings. The molecule has 0 spiro atoms. The first-order chi connectivity index (χ1) is 7.59. The van der Waals surface area contributed by atoms with Gasteiger partial charge in [0.15, 0.2) is 0 Å². The van der Waals surface area contributed by atoms with Crippen molar-refractivity contribution in [2.75, 3.05) is 0 Å². The monoisotopic (exact) mass is 235 g/mol. The maximum Gasteiger partial charge on any atom is 0.129 e. The highest BCUT2D eigenvalue weighted by atomic mass is 35.5. The lowest BCUT2D eigenvalue weighted by Gasteiger charge is -2.13. The standard InChI is InChI=1S/C12H14ClN3/c1-8-3-4-9(7-10(8)13)11(14)12-15-5-6-16(12)2/h3-7,11H,14H2,1-2H3. The number of imidazole rings is 1. The second-order valence-corrected chi connectivity index (χ2v) is 4.29. The second-order valence-electron chi connectivity index (χ2n) is 3.88. The average molecular weight is 236 g/mol. The highest BCUT2D eigenvalue weighted by Gasteiger charge is 2.13. The minimum absolute atomic E-state index is 0.238. The predicted molar refractivity (Wildman–Crippen MR) is 65.4 cm³/mol. The normalized spacial score (nSPS) is 12.8. The Morgan fingerprint density at radius 2 is 2.19 bits per heavy atom. The molecule has 0 saturated carbocycles. The minimum Gasteiger partial charge on any atom is -0.336 e. The van der Waals surface area contributed by atoms with E-state index in [1.165, 1.54) is 0 Å². The number of aromatic nitrogens is 2. The summed E-state index contributed by atoms with van der Waals surface area (Å²) in [5.41, 5.74) is 8.17. The van der Waals surface area contributed by atoms with Crippen LogP contribution in [0.5, 0.6) is 0 Å². The van der Waals surface area contributed by atoms with Crippen LogP contribution in [0, 0.1) is 6.92 Å². The van der Waals surface area contributed by atoms with Crippen LogP contribution in [-0.2, 0) is 7.05 Å². The number of hydrogen-bond donors (Lipinski definition) is 1. The number of hydrogen-bond acceptors (Lipinski definition) is 2. The van der Waals surface area contributed by atoms with Gasteiger partial charge in [-0.15, -0.1) is 0 Å². The van der Waals surface area contributed by atoms with Gasteiger partial charge >= 0.3 is 0 Å². The van der Waals surface area contributed by atoms with Crippen molar-refractivity contribution >= 4 is 11.6 Å². The Hall–Kier alpha value is -1.32. The smallest absolute Gasteiger partial charge is 0.129 e.